The maximum atomic E-state index is 13.0. The third-order valence-corrected chi connectivity index (χ3v) is 6.44. The Morgan fingerprint density at radius 2 is 1.78 bits per heavy atom. The van der Waals surface area contributed by atoms with Crippen LogP contribution < -0.4 is 14.4 Å². The van der Waals surface area contributed by atoms with Gasteiger partial charge in [-0.1, -0.05) is 12.1 Å². The summed E-state index contributed by atoms with van der Waals surface area (Å²) in [5.74, 6) is 2.36. The topological polar surface area (TPSA) is 42.0 Å². The number of carbonyl (C=O) groups is 1. The number of carbonyl (C=O) groups excluding carboxylic acids is 1. The minimum absolute atomic E-state index is 0.0328. The smallest absolute Gasteiger partial charge is 0.257 e. The summed E-state index contributed by atoms with van der Waals surface area (Å²) in [7, 11) is 1.62. The molecule has 1 amide bonds. The molecule has 2 aromatic carbocycles. The lowest BCUT2D eigenvalue weighted by atomic mass is 10.2. The molecule has 0 aromatic heterocycles. The highest BCUT2D eigenvalue weighted by Gasteiger charge is 2.50. The summed E-state index contributed by atoms with van der Waals surface area (Å²) < 4.78 is 10.7. The van der Waals surface area contributed by atoms with Gasteiger partial charge in [0.15, 0.2) is 5.11 Å². The van der Waals surface area contributed by atoms with E-state index in [1.807, 2.05) is 55.5 Å². The van der Waals surface area contributed by atoms with Crippen LogP contribution >= 0.6 is 24.0 Å². The van der Waals surface area contributed by atoms with Crippen molar-refractivity contribution in [1.29, 1.82) is 0 Å². The molecule has 2 aliphatic rings. The molecular weight excluding hydrogens is 380 g/mol. The summed E-state index contributed by atoms with van der Waals surface area (Å²) in [6.07, 6.45) is 0. The van der Waals surface area contributed by atoms with E-state index in [2.05, 4.69) is 4.90 Å². The van der Waals surface area contributed by atoms with E-state index in [1.165, 1.54) is 0 Å². The van der Waals surface area contributed by atoms with Gasteiger partial charge in [0.1, 0.15) is 22.9 Å². The second-order valence-corrected chi connectivity index (χ2v) is 7.74. The fraction of sp³-hybridized carbons (Fsp3) is 0.300. The lowest BCUT2D eigenvalue weighted by molar-refractivity contribution is -0.119. The van der Waals surface area contributed by atoms with E-state index in [0.29, 0.717) is 11.7 Å². The number of thioether (sulfide) groups is 1. The SMILES string of the molecule is CCOc1ccc(C2SC[C@H]3C(=O)N(c4ccc(OC)cc4)C(=S)N23)cc1. The normalized spacial score (nSPS) is 21.6. The van der Waals surface area contributed by atoms with Crippen molar-refractivity contribution in [2.75, 3.05) is 24.4 Å². The number of thiocarbonyl (C=S) groups is 1. The van der Waals surface area contributed by atoms with Crippen molar-refractivity contribution in [1.82, 2.24) is 4.90 Å². The Morgan fingerprint density at radius 3 is 2.41 bits per heavy atom. The molecule has 2 fully saturated rings. The fourth-order valence-corrected chi connectivity index (χ4v) is 5.33. The monoisotopic (exact) mass is 400 g/mol. The van der Waals surface area contributed by atoms with Crippen LogP contribution in [0.15, 0.2) is 48.5 Å². The van der Waals surface area contributed by atoms with Crippen molar-refractivity contribution in [3.63, 3.8) is 0 Å². The first-order valence-electron chi connectivity index (χ1n) is 8.78. The van der Waals surface area contributed by atoms with Gasteiger partial charge in [-0.05, 0) is 61.1 Å². The molecule has 2 aromatic rings. The van der Waals surface area contributed by atoms with Gasteiger partial charge in [0.25, 0.3) is 5.91 Å². The van der Waals surface area contributed by atoms with Crippen molar-refractivity contribution in [3.05, 3.63) is 54.1 Å². The average Bonchev–Trinajstić information content (AvgIpc) is 3.23. The molecule has 2 heterocycles. The maximum Gasteiger partial charge on any atom is 0.257 e. The van der Waals surface area contributed by atoms with Gasteiger partial charge >= 0.3 is 0 Å². The van der Waals surface area contributed by atoms with Gasteiger partial charge in [0.2, 0.25) is 0 Å². The summed E-state index contributed by atoms with van der Waals surface area (Å²) in [4.78, 5) is 16.7. The van der Waals surface area contributed by atoms with Crippen LogP contribution in [0.5, 0.6) is 11.5 Å². The van der Waals surface area contributed by atoms with Crippen LogP contribution in [-0.4, -0.2) is 41.4 Å². The van der Waals surface area contributed by atoms with E-state index in [0.717, 1.165) is 28.5 Å². The average molecular weight is 401 g/mol. The lowest BCUT2D eigenvalue weighted by Crippen LogP contribution is -2.33. The van der Waals surface area contributed by atoms with E-state index in [1.54, 1.807) is 23.8 Å². The van der Waals surface area contributed by atoms with Crippen LogP contribution in [0.2, 0.25) is 0 Å². The predicted molar refractivity (Wildman–Crippen MR) is 112 cm³/mol. The zero-order valence-electron chi connectivity index (χ0n) is 15.1. The van der Waals surface area contributed by atoms with Crippen molar-refractivity contribution in [2.24, 2.45) is 0 Å². The highest BCUT2D eigenvalue weighted by molar-refractivity contribution is 7.99. The molecule has 0 saturated carbocycles. The Bertz CT molecular complexity index is 855. The number of hydrogen-bond acceptors (Lipinski definition) is 5. The Balaban J connectivity index is 1.59. The zero-order chi connectivity index (χ0) is 19.0. The molecule has 2 saturated heterocycles. The second kappa shape index (κ2) is 7.40. The molecule has 0 bridgehead atoms. The third kappa shape index (κ3) is 3.15. The van der Waals surface area contributed by atoms with E-state index < -0.39 is 0 Å². The summed E-state index contributed by atoms with van der Waals surface area (Å²) in [5, 5.41) is 0.587. The van der Waals surface area contributed by atoms with Gasteiger partial charge in [0.05, 0.1) is 19.4 Å². The second-order valence-electron chi connectivity index (χ2n) is 6.27. The van der Waals surface area contributed by atoms with Crippen LogP contribution in [-0.2, 0) is 4.79 Å². The van der Waals surface area contributed by atoms with Crippen LogP contribution in [0.1, 0.15) is 17.9 Å². The van der Waals surface area contributed by atoms with Crippen molar-refractivity contribution < 1.29 is 14.3 Å². The molecule has 0 radical (unpaired) electrons. The Morgan fingerprint density at radius 1 is 1.11 bits per heavy atom. The summed E-state index contributed by atoms with van der Waals surface area (Å²) in [6, 6.07) is 15.2. The van der Waals surface area contributed by atoms with Gasteiger partial charge in [-0.3, -0.25) is 9.69 Å². The molecule has 2 atom stereocenters. The molecular formula is C20H20N2O3S2. The van der Waals surface area contributed by atoms with E-state index in [-0.39, 0.29) is 17.3 Å². The molecule has 1 unspecified atom stereocenters. The standard InChI is InChI=1S/C20H20N2O3S2/c1-3-25-16-8-4-13(5-9-16)19-22-17(12-27-19)18(23)21(20(22)26)14-6-10-15(24-2)11-7-14/h4-11,17,19H,3,12H2,1-2H3/t17-,19?/m0/s1. The molecule has 0 spiro atoms. The Hall–Kier alpha value is -2.25. The number of nitrogens with zero attached hydrogens (tertiary/aromatic N) is 2. The van der Waals surface area contributed by atoms with Gasteiger partial charge in [0, 0.05) is 5.75 Å². The van der Waals surface area contributed by atoms with Gasteiger partial charge in [-0.15, -0.1) is 11.8 Å². The number of benzene rings is 2. The molecule has 0 N–H and O–H groups in total. The van der Waals surface area contributed by atoms with Crippen LogP contribution in [0.4, 0.5) is 5.69 Å². The van der Waals surface area contributed by atoms with Crippen LogP contribution in [0.25, 0.3) is 0 Å². The lowest BCUT2D eigenvalue weighted by Gasteiger charge is -2.25. The minimum atomic E-state index is -0.221. The van der Waals surface area contributed by atoms with Crippen LogP contribution in [0, 0.1) is 0 Å². The fourth-order valence-electron chi connectivity index (χ4n) is 3.41. The van der Waals surface area contributed by atoms with Crippen molar-refractivity contribution in [2.45, 2.75) is 18.3 Å². The van der Waals surface area contributed by atoms with Gasteiger partial charge in [-0.2, -0.15) is 0 Å². The first-order valence-corrected chi connectivity index (χ1v) is 10.2. The third-order valence-electron chi connectivity index (χ3n) is 4.72. The number of methoxy groups -OCH3 is 1. The van der Waals surface area contributed by atoms with E-state index in [9.17, 15) is 4.79 Å². The maximum absolute atomic E-state index is 13.0. The van der Waals surface area contributed by atoms with E-state index in [4.69, 9.17) is 21.7 Å². The highest BCUT2D eigenvalue weighted by Crippen LogP contribution is 2.46. The number of ether oxygens (including phenoxy) is 2. The summed E-state index contributed by atoms with van der Waals surface area (Å²) in [5.41, 5.74) is 1.90. The zero-order valence-corrected chi connectivity index (χ0v) is 16.8. The first kappa shape index (κ1) is 18.1. The number of anilines is 1. The number of fused-ring (bicyclic) bond motifs is 1. The largest absolute Gasteiger partial charge is 0.497 e. The molecule has 140 valence electrons. The van der Waals surface area contributed by atoms with Crippen LogP contribution in [0.3, 0.4) is 0 Å². The quantitative estimate of drug-likeness (QED) is 0.711. The summed E-state index contributed by atoms with van der Waals surface area (Å²) in [6.45, 7) is 2.61. The van der Waals surface area contributed by atoms with E-state index >= 15 is 0 Å². The molecule has 7 heteroatoms. The molecule has 5 nitrogen and oxygen atoms in total. The van der Waals surface area contributed by atoms with Gasteiger partial charge in [-0.25, -0.2) is 0 Å². The number of amides is 1. The molecule has 2 aliphatic heterocycles. The predicted octanol–water partition coefficient (Wildman–Crippen LogP) is 3.84. The number of hydrogen-bond donors (Lipinski definition) is 0. The molecule has 4 rings (SSSR count). The summed E-state index contributed by atoms with van der Waals surface area (Å²) >= 11 is 7.45. The Kier molecular flexibility index (Phi) is 4.97. The van der Waals surface area contributed by atoms with Crippen molar-refractivity contribution >= 4 is 40.7 Å². The first-order chi connectivity index (χ1) is 13.1. The van der Waals surface area contributed by atoms with Crippen molar-refractivity contribution in [3.8, 4) is 11.5 Å². The minimum Gasteiger partial charge on any atom is -0.497 e. The van der Waals surface area contributed by atoms with Gasteiger partial charge < -0.3 is 14.4 Å². The number of rotatable bonds is 5. The molecule has 0 aliphatic carbocycles. The molecule has 27 heavy (non-hydrogen) atoms. The highest BCUT2D eigenvalue weighted by atomic mass is 32.2. The Labute approximate surface area is 168 Å².